The SMILES string of the molecule is CN(CC(=O)C(=O)NN(C)C(=S)c1ccccc1)C(=S)c1ccccc1. The van der Waals surface area contributed by atoms with Gasteiger partial charge in [-0.15, -0.1) is 0 Å². The lowest BCUT2D eigenvalue weighted by atomic mass is 10.2. The van der Waals surface area contributed by atoms with Gasteiger partial charge < -0.3 is 4.90 Å². The highest BCUT2D eigenvalue weighted by atomic mass is 32.1. The van der Waals surface area contributed by atoms with Gasteiger partial charge in [-0.1, -0.05) is 85.1 Å². The van der Waals surface area contributed by atoms with Gasteiger partial charge in [0, 0.05) is 25.2 Å². The number of benzene rings is 2. The van der Waals surface area contributed by atoms with Gasteiger partial charge in [0.25, 0.3) is 0 Å². The number of nitrogens with one attached hydrogen (secondary N) is 1. The molecule has 0 unspecified atom stereocenters. The second kappa shape index (κ2) is 9.17. The largest absolute Gasteiger partial charge is 0.357 e. The molecule has 0 saturated heterocycles. The van der Waals surface area contributed by atoms with Gasteiger partial charge in [-0.2, -0.15) is 0 Å². The molecule has 5 nitrogen and oxygen atoms in total. The van der Waals surface area contributed by atoms with Crippen LogP contribution in [0.1, 0.15) is 11.1 Å². The molecule has 1 amide bonds. The lowest BCUT2D eigenvalue weighted by Crippen LogP contribution is -2.48. The molecule has 0 aliphatic carbocycles. The maximum absolute atomic E-state index is 12.2. The van der Waals surface area contributed by atoms with Gasteiger partial charge in [-0.25, -0.2) is 0 Å². The molecule has 0 saturated carbocycles. The standard InChI is InChI=1S/C19H19N3O2S2/c1-21(18(25)14-9-5-3-6-10-14)13-16(23)17(24)20-22(2)19(26)15-11-7-4-8-12-15/h3-12H,13H2,1-2H3,(H,20,24). The number of Topliss-reactive ketones (excluding diaryl/α,β-unsaturated/α-hetero) is 1. The number of likely N-dealkylation sites (N-methyl/N-ethyl adjacent to an activating group) is 1. The Morgan fingerprint density at radius 1 is 0.846 bits per heavy atom. The van der Waals surface area contributed by atoms with Crippen LogP contribution in [0.2, 0.25) is 0 Å². The molecule has 26 heavy (non-hydrogen) atoms. The van der Waals surface area contributed by atoms with E-state index in [0.717, 1.165) is 11.1 Å². The molecule has 134 valence electrons. The molecular weight excluding hydrogens is 366 g/mol. The van der Waals surface area contributed by atoms with Crippen LogP contribution in [0, 0.1) is 0 Å². The Bertz CT molecular complexity index is 741. The first kappa shape index (κ1) is 19.7. The monoisotopic (exact) mass is 385 g/mol. The lowest BCUT2D eigenvalue weighted by Gasteiger charge is -2.22. The first-order valence-electron chi connectivity index (χ1n) is 7.87. The van der Waals surface area contributed by atoms with Crippen molar-refractivity contribution < 1.29 is 9.59 Å². The number of rotatable bonds is 5. The van der Waals surface area contributed by atoms with Crippen molar-refractivity contribution >= 4 is 46.1 Å². The summed E-state index contributed by atoms with van der Waals surface area (Å²) in [4.78, 5) is 26.8. The predicted octanol–water partition coefficient (Wildman–Crippen LogP) is 2.20. The Hall–Kier alpha value is -2.64. The molecule has 0 heterocycles. The van der Waals surface area contributed by atoms with Crippen LogP contribution in [0.3, 0.4) is 0 Å². The summed E-state index contributed by atoms with van der Waals surface area (Å²) in [7, 11) is 3.28. The minimum Gasteiger partial charge on any atom is -0.357 e. The van der Waals surface area contributed by atoms with Crippen molar-refractivity contribution in [2.75, 3.05) is 20.6 Å². The Labute approximate surface area is 163 Å². The fourth-order valence-electron chi connectivity index (χ4n) is 2.20. The molecule has 0 bridgehead atoms. The normalized spacial score (nSPS) is 9.92. The number of hydrazine groups is 1. The Balaban J connectivity index is 1.92. The fraction of sp³-hybridized carbons (Fsp3) is 0.158. The molecule has 0 atom stereocenters. The third-order valence-corrected chi connectivity index (χ3v) is 4.65. The topological polar surface area (TPSA) is 52.7 Å². The van der Waals surface area contributed by atoms with Crippen LogP contribution >= 0.6 is 24.4 Å². The van der Waals surface area contributed by atoms with E-state index in [2.05, 4.69) is 5.43 Å². The van der Waals surface area contributed by atoms with Gasteiger partial charge >= 0.3 is 5.91 Å². The van der Waals surface area contributed by atoms with E-state index in [1.54, 1.807) is 19.0 Å². The summed E-state index contributed by atoms with van der Waals surface area (Å²) in [5, 5.41) is 1.36. The average molecular weight is 386 g/mol. The van der Waals surface area contributed by atoms with Gasteiger partial charge in [0.15, 0.2) is 0 Å². The van der Waals surface area contributed by atoms with Crippen LogP contribution in [-0.4, -0.2) is 52.2 Å². The van der Waals surface area contributed by atoms with E-state index in [0.29, 0.717) is 9.98 Å². The van der Waals surface area contributed by atoms with Crippen LogP contribution in [-0.2, 0) is 9.59 Å². The van der Waals surface area contributed by atoms with Gasteiger partial charge in [-0.3, -0.25) is 20.0 Å². The number of nitrogens with zero attached hydrogens (tertiary/aromatic N) is 2. The van der Waals surface area contributed by atoms with E-state index in [-0.39, 0.29) is 6.54 Å². The zero-order valence-corrected chi connectivity index (χ0v) is 16.1. The van der Waals surface area contributed by atoms with Crippen LogP contribution in [0.4, 0.5) is 0 Å². The third-order valence-electron chi connectivity index (χ3n) is 3.60. The minimum absolute atomic E-state index is 0.120. The Morgan fingerprint density at radius 3 is 1.81 bits per heavy atom. The van der Waals surface area contributed by atoms with E-state index < -0.39 is 11.7 Å². The maximum Gasteiger partial charge on any atom is 0.307 e. The number of ketones is 1. The van der Waals surface area contributed by atoms with E-state index >= 15 is 0 Å². The van der Waals surface area contributed by atoms with Crippen molar-refractivity contribution in [1.82, 2.24) is 15.3 Å². The molecule has 1 N–H and O–H groups in total. The molecule has 0 radical (unpaired) electrons. The summed E-state index contributed by atoms with van der Waals surface area (Å²) in [6, 6.07) is 18.6. The number of thiocarbonyl (C=S) groups is 2. The minimum atomic E-state index is -0.742. The zero-order valence-electron chi connectivity index (χ0n) is 14.5. The summed E-state index contributed by atoms with van der Waals surface area (Å²) in [5.74, 6) is -1.35. The summed E-state index contributed by atoms with van der Waals surface area (Å²) >= 11 is 10.7. The molecule has 2 rings (SSSR count). The molecule has 0 aromatic heterocycles. The smallest absolute Gasteiger partial charge is 0.307 e. The predicted molar refractivity (Wildman–Crippen MR) is 110 cm³/mol. The highest BCUT2D eigenvalue weighted by Gasteiger charge is 2.20. The van der Waals surface area contributed by atoms with E-state index in [9.17, 15) is 9.59 Å². The maximum atomic E-state index is 12.2. The molecule has 0 spiro atoms. The number of hydrogen-bond donors (Lipinski definition) is 1. The Morgan fingerprint density at radius 2 is 1.31 bits per heavy atom. The number of hydrogen-bond acceptors (Lipinski definition) is 4. The van der Waals surface area contributed by atoms with Crippen LogP contribution in [0.15, 0.2) is 60.7 Å². The first-order chi connectivity index (χ1) is 12.4. The summed E-state index contributed by atoms with van der Waals surface area (Å²) < 4.78 is 0. The molecule has 0 aliphatic rings. The van der Waals surface area contributed by atoms with E-state index in [1.165, 1.54) is 5.01 Å². The highest BCUT2D eigenvalue weighted by Crippen LogP contribution is 2.05. The van der Waals surface area contributed by atoms with Crippen LogP contribution < -0.4 is 5.43 Å². The lowest BCUT2D eigenvalue weighted by molar-refractivity contribution is -0.139. The van der Waals surface area contributed by atoms with Crippen molar-refractivity contribution in [3.8, 4) is 0 Å². The second-order valence-corrected chi connectivity index (χ2v) is 6.39. The van der Waals surface area contributed by atoms with Crippen molar-refractivity contribution in [3.05, 3.63) is 71.8 Å². The fourth-order valence-corrected chi connectivity index (χ4v) is 2.58. The van der Waals surface area contributed by atoms with E-state index in [4.69, 9.17) is 24.4 Å². The highest BCUT2D eigenvalue weighted by molar-refractivity contribution is 7.80. The molecule has 0 aliphatic heterocycles. The van der Waals surface area contributed by atoms with Crippen LogP contribution in [0.25, 0.3) is 0 Å². The van der Waals surface area contributed by atoms with Crippen molar-refractivity contribution in [2.24, 2.45) is 0 Å². The second-order valence-electron chi connectivity index (χ2n) is 5.62. The summed E-state index contributed by atoms with van der Waals surface area (Å²) in [6.45, 7) is -0.120. The van der Waals surface area contributed by atoms with Gasteiger partial charge in [0.05, 0.1) is 6.54 Å². The quantitative estimate of drug-likeness (QED) is 0.484. The molecule has 0 fully saturated rings. The van der Waals surface area contributed by atoms with Gasteiger partial charge in [0.1, 0.15) is 9.98 Å². The zero-order chi connectivity index (χ0) is 19.1. The molecule has 2 aromatic carbocycles. The Kier molecular flexibility index (Phi) is 6.94. The molecule has 2 aromatic rings. The number of amides is 1. The summed E-state index contributed by atoms with van der Waals surface area (Å²) in [6.07, 6.45) is 0. The number of carbonyl (C=O) groups excluding carboxylic acids is 2. The average Bonchev–Trinajstić information content (AvgIpc) is 2.67. The third kappa shape index (κ3) is 5.18. The van der Waals surface area contributed by atoms with E-state index in [1.807, 2.05) is 60.7 Å². The van der Waals surface area contributed by atoms with Gasteiger partial charge in [0.2, 0.25) is 5.78 Å². The summed E-state index contributed by atoms with van der Waals surface area (Å²) in [5.41, 5.74) is 4.09. The first-order valence-corrected chi connectivity index (χ1v) is 8.69. The molecule has 7 heteroatoms. The van der Waals surface area contributed by atoms with Crippen molar-refractivity contribution in [1.29, 1.82) is 0 Å². The van der Waals surface area contributed by atoms with Crippen molar-refractivity contribution in [2.45, 2.75) is 0 Å². The number of carbonyl (C=O) groups is 2. The van der Waals surface area contributed by atoms with Crippen molar-refractivity contribution in [3.63, 3.8) is 0 Å². The molecular formula is C19H19N3O2S2. The van der Waals surface area contributed by atoms with Crippen LogP contribution in [0.5, 0.6) is 0 Å². The van der Waals surface area contributed by atoms with Gasteiger partial charge in [-0.05, 0) is 0 Å².